The summed E-state index contributed by atoms with van der Waals surface area (Å²) in [5.74, 6) is -0.308. The summed E-state index contributed by atoms with van der Waals surface area (Å²) in [5, 5.41) is 22.7. The van der Waals surface area contributed by atoms with Gasteiger partial charge in [-0.2, -0.15) is 10.4 Å². The number of rotatable bonds is 6. The van der Waals surface area contributed by atoms with Gasteiger partial charge in [0.15, 0.2) is 6.07 Å². The van der Waals surface area contributed by atoms with E-state index in [1.165, 1.54) is 24.4 Å². The first kappa shape index (κ1) is 18.1. The number of nitrogens with one attached hydrogen (secondary N) is 1. The van der Waals surface area contributed by atoms with E-state index in [4.69, 9.17) is 10.00 Å². The predicted octanol–water partition coefficient (Wildman–Crippen LogP) is 2.91. The Morgan fingerprint density at radius 1 is 1.40 bits per heavy atom. The van der Waals surface area contributed by atoms with Crippen LogP contribution in [0.1, 0.15) is 11.1 Å². The average molecular weight is 403 g/mol. The number of amides is 1. The fourth-order valence-electron chi connectivity index (χ4n) is 1.83. The molecular formula is C16H11BrN4O4. The molecule has 1 amide bonds. The second kappa shape index (κ2) is 8.56. The zero-order valence-electron chi connectivity index (χ0n) is 12.7. The van der Waals surface area contributed by atoms with E-state index in [1.54, 1.807) is 30.3 Å². The van der Waals surface area contributed by atoms with E-state index >= 15 is 0 Å². The summed E-state index contributed by atoms with van der Waals surface area (Å²) in [7, 11) is 0. The van der Waals surface area contributed by atoms with E-state index in [1.807, 2.05) is 5.43 Å². The minimum absolute atomic E-state index is 0.00569. The van der Waals surface area contributed by atoms with Gasteiger partial charge in [0.05, 0.1) is 15.6 Å². The summed E-state index contributed by atoms with van der Waals surface area (Å²) in [6.45, 7) is 0.173. The van der Waals surface area contributed by atoms with E-state index < -0.39 is 10.8 Å². The number of hydrogen-bond acceptors (Lipinski definition) is 6. The lowest BCUT2D eigenvalue weighted by Gasteiger charge is -2.09. The van der Waals surface area contributed by atoms with Crippen LogP contribution in [0.5, 0.6) is 5.75 Å². The Labute approximate surface area is 151 Å². The molecule has 0 unspecified atom stereocenters. The molecule has 2 aromatic rings. The Bertz CT molecular complexity index is 877. The van der Waals surface area contributed by atoms with Crippen molar-refractivity contribution in [1.82, 2.24) is 5.43 Å². The van der Waals surface area contributed by atoms with Crippen LogP contribution in [0.3, 0.4) is 0 Å². The van der Waals surface area contributed by atoms with Crippen molar-refractivity contribution in [2.75, 3.05) is 0 Å². The highest BCUT2D eigenvalue weighted by molar-refractivity contribution is 9.10. The first-order valence-electron chi connectivity index (χ1n) is 6.88. The molecule has 0 atom stereocenters. The van der Waals surface area contributed by atoms with E-state index in [9.17, 15) is 14.9 Å². The molecule has 0 bridgehead atoms. The summed E-state index contributed by atoms with van der Waals surface area (Å²) in [6, 6.07) is 12.7. The van der Waals surface area contributed by atoms with Crippen molar-refractivity contribution < 1.29 is 14.5 Å². The highest BCUT2D eigenvalue weighted by atomic mass is 79.9. The van der Waals surface area contributed by atoms with Crippen LogP contribution in [0.25, 0.3) is 0 Å². The van der Waals surface area contributed by atoms with Crippen LogP contribution >= 0.6 is 15.9 Å². The molecular weight excluding hydrogens is 392 g/mol. The van der Waals surface area contributed by atoms with Gasteiger partial charge in [-0.3, -0.25) is 14.9 Å². The normalized spacial score (nSPS) is 10.2. The maximum atomic E-state index is 10.8. The fraction of sp³-hybridized carbons (Fsp3) is 0.0625. The molecule has 1 N–H and O–H groups in total. The van der Waals surface area contributed by atoms with Crippen molar-refractivity contribution in [2.45, 2.75) is 6.61 Å². The lowest BCUT2D eigenvalue weighted by Crippen LogP contribution is -2.14. The van der Waals surface area contributed by atoms with Crippen molar-refractivity contribution in [1.29, 1.82) is 5.26 Å². The molecule has 0 aliphatic carbocycles. The maximum absolute atomic E-state index is 10.8. The van der Waals surface area contributed by atoms with E-state index in [0.717, 1.165) is 0 Å². The highest BCUT2D eigenvalue weighted by Crippen LogP contribution is 2.26. The molecule has 126 valence electrons. The summed E-state index contributed by atoms with van der Waals surface area (Å²) in [5.41, 5.74) is 3.40. The smallest absolute Gasteiger partial charge is 0.342 e. The molecule has 0 radical (unpaired) electrons. The van der Waals surface area contributed by atoms with Crippen LogP contribution in [0.2, 0.25) is 0 Å². The minimum atomic E-state index is -0.854. The number of nitro benzene ring substituents is 1. The van der Waals surface area contributed by atoms with Crippen LogP contribution in [0, 0.1) is 21.4 Å². The van der Waals surface area contributed by atoms with Crippen molar-refractivity contribution in [2.24, 2.45) is 5.10 Å². The zero-order chi connectivity index (χ0) is 18.2. The average Bonchev–Trinajstić information content (AvgIpc) is 2.61. The lowest BCUT2D eigenvalue weighted by molar-refractivity contribution is -0.384. The zero-order valence-corrected chi connectivity index (χ0v) is 14.3. The first-order valence-corrected chi connectivity index (χ1v) is 7.67. The molecule has 25 heavy (non-hydrogen) atoms. The van der Waals surface area contributed by atoms with Gasteiger partial charge in [0, 0.05) is 12.1 Å². The standard InChI is InChI=1S/C16H11BrN4O4/c17-14-7-11(9-19-20-16(22)8-18)4-5-15(14)25-10-12-2-1-3-13(6-12)21(23)24/h1-7,9H,10H2,(H,20,22)/b19-9-. The molecule has 0 aromatic heterocycles. The lowest BCUT2D eigenvalue weighted by atomic mass is 10.2. The number of ether oxygens (including phenoxy) is 1. The Kier molecular flexibility index (Phi) is 6.20. The molecule has 0 fully saturated rings. The van der Waals surface area contributed by atoms with Gasteiger partial charge in [-0.15, -0.1) is 0 Å². The van der Waals surface area contributed by atoms with Gasteiger partial charge in [0.1, 0.15) is 12.4 Å². The van der Waals surface area contributed by atoms with Crippen LogP contribution in [0.4, 0.5) is 5.69 Å². The number of nitrogens with zero attached hydrogens (tertiary/aromatic N) is 3. The van der Waals surface area contributed by atoms with Crippen LogP contribution in [0.15, 0.2) is 52.0 Å². The number of halogens is 1. The predicted molar refractivity (Wildman–Crippen MR) is 92.9 cm³/mol. The number of hydrogen-bond donors (Lipinski definition) is 1. The molecule has 2 rings (SSSR count). The summed E-state index contributed by atoms with van der Waals surface area (Å²) in [6.07, 6.45) is 1.38. The highest BCUT2D eigenvalue weighted by Gasteiger charge is 2.07. The number of benzene rings is 2. The second-order valence-electron chi connectivity index (χ2n) is 4.72. The number of carbonyl (C=O) groups excluding carboxylic acids is 1. The second-order valence-corrected chi connectivity index (χ2v) is 5.57. The maximum Gasteiger partial charge on any atom is 0.342 e. The quantitative estimate of drug-likeness (QED) is 0.344. The van der Waals surface area contributed by atoms with Gasteiger partial charge >= 0.3 is 5.91 Å². The molecule has 0 spiro atoms. The number of nitro groups is 1. The Morgan fingerprint density at radius 2 is 2.20 bits per heavy atom. The van der Waals surface area contributed by atoms with Crippen LogP contribution < -0.4 is 10.2 Å². The van der Waals surface area contributed by atoms with Crippen molar-refractivity contribution in [3.63, 3.8) is 0 Å². The van der Waals surface area contributed by atoms with Gasteiger partial charge in [-0.25, -0.2) is 5.43 Å². The largest absolute Gasteiger partial charge is 0.488 e. The molecule has 0 aliphatic heterocycles. The molecule has 0 aliphatic rings. The summed E-state index contributed by atoms with van der Waals surface area (Å²) < 4.78 is 6.29. The monoisotopic (exact) mass is 402 g/mol. The number of hydrazone groups is 1. The van der Waals surface area contributed by atoms with E-state index in [0.29, 0.717) is 21.3 Å². The summed E-state index contributed by atoms with van der Waals surface area (Å²) in [4.78, 5) is 21.1. The third kappa shape index (κ3) is 5.40. The van der Waals surface area contributed by atoms with E-state index in [-0.39, 0.29) is 12.3 Å². The van der Waals surface area contributed by atoms with Crippen molar-refractivity contribution >= 4 is 33.7 Å². The van der Waals surface area contributed by atoms with Crippen LogP contribution in [-0.2, 0) is 11.4 Å². The number of non-ortho nitro benzene ring substituents is 1. The molecule has 0 saturated heterocycles. The van der Waals surface area contributed by atoms with Crippen LogP contribution in [-0.4, -0.2) is 17.0 Å². The molecule has 0 saturated carbocycles. The molecule has 9 heteroatoms. The Morgan fingerprint density at radius 3 is 2.88 bits per heavy atom. The third-order valence-corrected chi connectivity index (χ3v) is 3.57. The van der Waals surface area contributed by atoms with Crippen molar-refractivity contribution in [3.05, 3.63) is 68.2 Å². The van der Waals surface area contributed by atoms with Gasteiger partial charge in [-0.05, 0) is 45.3 Å². The Balaban J connectivity index is 2.01. The van der Waals surface area contributed by atoms with Gasteiger partial charge in [0.25, 0.3) is 5.69 Å². The van der Waals surface area contributed by atoms with Gasteiger partial charge < -0.3 is 4.74 Å². The first-order chi connectivity index (χ1) is 12.0. The Hall–Kier alpha value is -3.25. The minimum Gasteiger partial charge on any atom is -0.488 e. The molecule has 0 heterocycles. The summed E-state index contributed by atoms with van der Waals surface area (Å²) >= 11 is 3.36. The number of carbonyl (C=O) groups is 1. The van der Waals surface area contributed by atoms with E-state index in [2.05, 4.69) is 21.0 Å². The topological polar surface area (TPSA) is 118 Å². The number of nitriles is 1. The van der Waals surface area contributed by atoms with Gasteiger partial charge in [0.2, 0.25) is 0 Å². The SMILES string of the molecule is N#CC(=O)N/N=C\c1ccc(OCc2cccc([N+](=O)[O-])c2)c(Br)c1. The third-order valence-electron chi connectivity index (χ3n) is 2.95. The van der Waals surface area contributed by atoms with Crippen molar-refractivity contribution in [3.8, 4) is 11.8 Å². The molecule has 8 nitrogen and oxygen atoms in total. The van der Waals surface area contributed by atoms with Gasteiger partial charge in [-0.1, -0.05) is 12.1 Å². The molecule has 2 aromatic carbocycles. The fourth-order valence-corrected chi connectivity index (χ4v) is 2.34.